The number of rotatable bonds is 11. The molecule has 0 fully saturated rings. The number of halogens is 1. The molecule has 0 saturated heterocycles. The summed E-state index contributed by atoms with van der Waals surface area (Å²) in [6, 6.07) is 10.6. The lowest BCUT2D eigenvalue weighted by molar-refractivity contribution is 0.0448. The molecule has 2 atom stereocenters. The Morgan fingerprint density at radius 2 is 1.94 bits per heavy atom. The maximum Gasteiger partial charge on any atom is 0.177 e. The smallest absolute Gasteiger partial charge is 0.177 e. The number of hydrogen-bond acceptors (Lipinski definition) is 6. The van der Waals surface area contributed by atoms with Gasteiger partial charge in [0.1, 0.15) is 12.2 Å². The molecule has 0 aliphatic rings. The maximum atomic E-state index is 13.5. The highest BCUT2D eigenvalue weighted by molar-refractivity contribution is 5.63. The van der Waals surface area contributed by atoms with Crippen LogP contribution in [0.4, 0.5) is 10.1 Å². The molecule has 0 spiro atoms. The maximum absolute atomic E-state index is 13.5. The van der Waals surface area contributed by atoms with Gasteiger partial charge in [0.15, 0.2) is 5.72 Å². The highest BCUT2D eigenvalue weighted by Crippen LogP contribution is 2.30. The Morgan fingerprint density at radius 1 is 1.26 bits per heavy atom. The van der Waals surface area contributed by atoms with Crippen LogP contribution in [0, 0.1) is 22.6 Å². The molecule has 0 aliphatic carbocycles. The summed E-state index contributed by atoms with van der Waals surface area (Å²) < 4.78 is 13.5. The van der Waals surface area contributed by atoms with Crippen molar-refractivity contribution in [1.29, 1.82) is 5.26 Å². The molecule has 2 aromatic carbocycles. The Kier molecular flexibility index (Phi) is 9.45. The van der Waals surface area contributed by atoms with Crippen LogP contribution in [0.25, 0.3) is 0 Å². The second-order valence-electron chi connectivity index (χ2n) is 9.59. The largest absolute Gasteiger partial charge is 0.366 e. The minimum Gasteiger partial charge on any atom is -0.366 e. The first-order valence-corrected chi connectivity index (χ1v) is 11.2. The Hall–Kier alpha value is -3.12. The normalized spacial score (nSPS) is 14.4. The van der Waals surface area contributed by atoms with Crippen LogP contribution < -0.4 is 16.4 Å². The van der Waals surface area contributed by atoms with Gasteiger partial charge in [-0.2, -0.15) is 5.26 Å². The van der Waals surface area contributed by atoms with Crippen LogP contribution in [-0.2, 0) is 18.7 Å². The monoisotopic (exact) mass is 466 g/mol. The van der Waals surface area contributed by atoms with Gasteiger partial charge < -0.3 is 21.5 Å². The number of nitrogens with one attached hydrogen (secondary N) is 2. The van der Waals surface area contributed by atoms with E-state index in [1.54, 1.807) is 13.0 Å². The first-order chi connectivity index (χ1) is 16.0. The third-order valence-electron chi connectivity index (χ3n) is 5.38. The standard InChI is InChI=1S/C26H35FN6O/c1-18(29)26(34,21-6-8-22(27)9-7-21)33-23-12-19(10-11-31-16-25(2,3)4)24(15-32-17-30-5)20(13-23)14-28/h6-9,12-13,17-18,31,33-34H,5,10-11,15-16,29H2,1-4H3. The van der Waals surface area contributed by atoms with Crippen LogP contribution in [0.5, 0.6) is 0 Å². The molecule has 0 saturated carbocycles. The third-order valence-corrected chi connectivity index (χ3v) is 5.38. The van der Waals surface area contributed by atoms with E-state index in [9.17, 15) is 14.8 Å². The van der Waals surface area contributed by atoms with Crippen molar-refractivity contribution in [2.24, 2.45) is 21.1 Å². The van der Waals surface area contributed by atoms with Gasteiger partial charge in [-0.15, -0.1) is 0 Å². The summed E-state index contributed by atoms with van der Waals surface area (Å²) in [4.78, 5) is 7.87. The Bertz CT molecular complexity index is 1040. The summed E-state index contributed by atoms with van der Waals surface area (Å²) in [5.41, 5.74) is 7.69. The fourth-order valence-electron chi connectivity index (χ4n) is 3.56. The summed E-state index contributed by atoms with van der Waals surface area (Å²) in [5, 5.41) is 27.8. The highest BCUT2D eigenvalue weighted by atomic mass is 19.1. The fourth-order valence-corrected chi connectivity index (χ4v) is 3.56. The highest BCUT2D eigenvalue weighted by Gasteiger charge is 2.34. The summed E-state index contributed by atoms with van der Waals surface area (Å²) in [5.74, 6) is -0.411. The molecule has 0 radical (unpaired) electrons. The molecule has 7 nitrogen and oxygen atoms in total. The molecule has 2 unspecified atom stereocenters. The average molecular weight is 467 g/mol. The quantitative estimate of drug-likeness (QED) is 0.174. The van der Waals surface area contributed by atoms with E-state index in [0.717, 1.165) is 17.7 Å². The predicted octanol–water partition coefficient (Wildman–Crippen LogP) is 3.71. The van der Waals surface area contributed by atoms with Crippen molar-refractivity contribution in [3.8, 4) is 6.07 Å². The topological polar surface area (TPSA) is 119 Å². The number of nitriles is 1. The van der Waals surface area contributed by atoms with Crippen molar-refractivity contribution >= 4 is 18.7 Å². The number of nitrogens with two attached hydrogens (primary N) is 1. The van der Waals surface area contributed by atoms with Crippen molar-refractivity contribution in [2.45, 2.75) is 52.4 Å². The lowest BCUT2D eigenvalue weighted by atomic mass is 9.93. The first-order valence-electron chi connectivity index (χ1n) is 11.2. The van der Waals surface area contributed by atoms with Crippen molar-refractivity contribution < 1.29 is 9.50 Å². The van der Waals surface area contributed by atoms with E-state index in [1.165, 1.54) is 30.6 Å². The number of aliphatic imine (C=N–C) groups is 2. The van der Waals surface area contributed by atoms with Gasteiger partial charge in [-0.05, 0) is 67.4 Å². The van der Waals surface area contributed by atoms with Crippen LogP contribution in [0.3, 0.4) is 0 Å². The fraction of sp³-hybridized carbons (Fsp3) is 0.423. The molecule has 2 rings (SSSR count). The molecular formula is C26H35FN6O. The first kappa shape index (κ1) is 27.1. The Morgan fingerprint density at radius 3 is 2.50 bits per heavy atom. The van der Waals surface area contributed by atoms with Crippen molar-refractivity contribution in [3.05, 3.63) is 64.5 Å². The van der Waals surface area contributed by atoms with Gasteiger partial charge in [0.2, 0.25) is 0 Å². The minimum absolute atomic E-state index is 0.146. The molecule has 182 valence electrons. The second-order valence-corrected chi connectivity index (χ2v) is 9.59. The number of nitrogens with zero attached hydrogens (tertiary/aromatic N) is 3. The van der Waals surface area contributed by atoms with Gasteiger partial charge in [-0.25, -0.2) is 4.39 Å². The van der Waals surface area contributed by atoms with E-state index in [0.29, 0.717) is 29.8 Å². The van der Waals surface area contributed by atoms with E-state index in [-0.39, 0.29) is 12.0 Å². The summed E-state index contributed by atoms with van der Waals surface area (Å²) in [6.07, 6.45) is 2.01. The van der Waals surface area contributed by atoms with E-state index in [4.69, 9.17) is 5.73 Å². The molecule has 0 aliphatic heterocycles. The lowest BCUT2D eigenvalue weighted by Gasteiger charge is -2.34. The molecule has 0 heterocycles. The Balaban J connectivity index is 2.44. The van der Waals surface area contributed by atoms with Crippen LogP contribution >= 0.6 is 0 Å². The molecule has 0 bridgehead atoms. The molecule has 8 heteroatoms. The number of aliphatic hydroxyl groups is 1. The van der Waals surface area contributed by atoms with Gasteiger partial charge in [-0.1, -0.05) is 32.9 Å². The zero-order valence-electron chi connectivity index (χ0n) is 20.4. The van der Waals surface area contributed by atoms with Gasteiger partial charge >= 0.3 is 0 Å². The van der Waals surface area contributed by atoms with Crippen molar-refractivity contribution in [2.75, 3.05) is 18.4 Å². The summed E-state index contributed by atoms with van der Waals surface area (Å²) in [7, 11) is 0. The second kappa shape index (κ2) is 11.8. The van der Waals surface area contributed by atoms with Crippen LogP contribution in [-0.4, -0.2) is 37.3 Å². The SMILES string of the molecule is C=NC=NCc1c(C#N)cc(NC(O)(c2ccc(F)cc2)C(C)N)cc1CCNCC(C)(C)C. The van der Waals surface area contributed by atoms with Gasteiger partial charge in [0.05, 0.1) is 24.2 Å². The van der Waals surface area contributed by atoms with Gasteiger partial charge in [0, 0.05) is 17.8 Å². The van der Waals surface area contributed by atoms with Crippen molar-refractivity contribution in [3.63, 3.8) is 0 Å². The zero-order valence-corrected chi connectivity index (χ0v) is 20.4. The molecular weight excluding hydrogens is 431 g/mol. The number of benzene rings is 2. The Labute approximate surface area is 201 Å². The van der Waals surface area contributed by atoms with Crippen molar-refractivity contribution in [1.82, 2.24) is 5.32 Å². The lowest BCUT2D eigenvalue weighted by Crippen LogP contribution is -2.49. The van der Waals surface area contributed by atoms with E-state index in [1.807, 2.05) is 6.07 Å². The zero-order chi connectivity index (χ0) is 25.4. The van der Waals surface area contributed by atoms with E-state index in [2.05, 4.69) is 54.2 Å². The molecule has 0 aromatic heterocycles. The number of hydrogen-bond donors (Lipinski definition) is 4. The van der Waals surface area contributed by atoms with Crippen LogP contribution in [0.2, 0.25) is 0 Å². The van der Waals surface area contributed by atoms with Gasteiger partial charge in [0.25, 0.3) is 0 Å². The molecule has 2 aromatic rings. The van der Waals surface area contributed by atoms with E-state index < -0.39 is 17.6 Å². The van der Waals surface area contributed by atoms with Crippen LogP contribution in [0.1, 0.15) is 49.9 Å². The summed E-state index contributed by atoms with van der Waals surface area (Å²) in [6.45, 7) is 13.4. The van der Waals surface area contributed by atoms with Gasteiger partial charge in [-0.3, -0.25) is 9.98 Å². The van der Waals surface area contributed by atoms with Crippen LogP contribution in [0.15, 0.2) is 46.4 Å². The minimum atomic E-state index is -1.67. The number of anilines is 1. The molecule has 0 amide bonds. The average Bonchev–Trinajstić information content (AvgIpc) is 2.77. The molecule has 5 N–H and O–H groups in total. The summed E-state index contributed by atoms with van der Waals surface area (Å²) >= 11 is 0. The predicted molar refractivity (Wildman–Crippen MR) is 136 cm³/mol. The third kappa shape index (κ3) is 7.45. The van der Waals surface area contributed by atoms with E-state index >= 15 is 0 Å². The molecule has 34 heavy (non-hydrogen) atoms.